The van der Waals surface area contributed by atoms with Crippen LogP contribution < -0.4 is 10.6 Å². The molecule has 118 valence electrons. The molecule has 0 aromatic heterocycles. The maximum absolute atomic E-state index is 12.2. The summed E-state index contributed by atoms with van der Waals surface area (Å²) in [5.74, 6) is -1.04. The number of esters is 1. The largest absolute Gasteiger partial charge is 0.466 e. The van der Waals surface area contributed by atoms with Crippen LogP contribution in [0.15, 0.2) is 24.3 Å². The van der Waals surface area contributed by atoms with E-state index in [9.17, 15) is 19.7 Å². The van der Waals surface area contributed by atoms with E-state index in [-0.39, 0.29) is 12.3 Å². The summed E-state index contributed by atoms with van der Waals surface area (Å²) >= 11 is 0. The summed E-state index contributed by atoms with van der Waals surface area (Å²) in [7, 11) is 0. The van der Waals surface area contributed by atoms with Crippen molar-refractivity contribution in [2.45, 2.75) is 25.9 Å². The maximum Gasteiger partial charge on any atom is 0.315 e. The molecule has 22 heavy (non-hydrogen) atoms. The van der Waals surface area contributed by atoms with E-state index in [1.807, 2.05) is 0 Å². The Kier molecular flexibility index (Phi) is 4.59. The first-order chi connectivity index (χ1) is 10.4. The van der Waals surface area contributed by atoms with Gasteiger partial charge < -0.3 is 15.4 Å². The highest BCUT2D eigenvalue weighted by molar-refractivity contribution is 5.82. The number of nitrogens with zero attached hydrogens (tertiary/aromatic N) is 1. The fourth-order valence-electron chi connectivity index (χ4n) is 2.53. The molecule has 0 spiro atoms. The zero-order chi connectivity index (χ0) is 16.3. The summed E-state index contributed by atoms with van der Waals surface area (Å²) in [4.78, 5) is 34.0. The zero-order valence-corrected chi connectivity index (χ0v) is 12.2. The monoisotopic (exact) mass is 307 g/mol. The quantitative estimate of drug-likeness (QED) is 0.497. The molecule has 1 saturated heterocycles. The van der Waals surface area contributed by atoms with Gasteiger partial charge in [0.2, 0.25) is 0 Å². The number of ether oxygens (including phenoxy) is 1. The summed E-state index contributed by atoms with van der Waals surface area (Å²) in [6.45, 7) is 3.67. The third-order valence-electron chi connectivity index (χ3n) is 3.56. The fraction of sp³-hybridized carbons (Fsp3) is 0.429. The zero-order valence-electron chi connectivity index (χ0n) is 12.2. The lowest BCUT2D eigenvalue weighted by Crippen LogP contribution is -2.57. The van der Waals surface area contributed by atoms with Crippen LogP contribution in [-0.4, -0.2) is 29.6 Å². The third-order valence-corrected chi connectivity index (χ3v) is 3.56. The van der Waals surface area contributed by atoms with Crippen molar-refractivity contribution in [3.63, 3.8) is 0 Å². The highest BCUT2D eigenvalue weighted by Gasteiger charge is 2.40. The molecule has 0 saturated carbocycles. The normalized spacial score (nSPS) is 24.1. The van der Waals surface area contributed by atoms with Crippen molar-refractivity contribution in [1.82, 2.24) is 10.6 Å². The average Bonchev–Trinajstić information content (AvgIpc) is 2.46. The van der Waals surface area contributed by atoms with E-state index in [1.54, 1.807) is 13.8 Å². The Hall–Kier alpha value is -2.64. The van der Waals surface area contributed by atoms with Crippen molar-refractivity contribution in [2.75, 3.05) is 6.61 Å². The number of hydrogen-bond acceptors (Lipinski definition) is 5. The lowest BCUT2D eigenvalue weighted by molar-refractivity contribution is -0.384. The van der Waals surface area contributed by atoms with Gasteiger partial charge in [-0.25, -0.2) is 4.79 Å². The topological polar surface area (TPSA) is 111 Å². The number of nitrogens with one attached hydrogen (secondary N) is 2. The Morgan fingerprint density at radius 1 is 1.32 bits per heavy atom. The molecule has 0 aliphatic carbocycles. The average molecular weight is 307 g/mol. The summed E-state index contributed by atoms with van der Waals surface area (Å²) in [5, 5.41) is 16.0. The van der Waals surface area contributed by atoms with Crippen LogP contribution in [0.1, 0.15) is 25.5 Å². The van der Waals surface area contributed by atoms with E-state index in [4.69, 9.17) is 4.74 Å². The SMILES string of the molecule is CCOC(=O)C1C(C)NC(=O)NC1c1ccc([N+](=O)[O-])cc1. The van der Waals surface area contributed by atoms with Gasteiger partial charge in [0.15, 0.2) is 0 Å². The van der Waals surface area contributed by atoms with Gasteiger partial charge in [-0.15, -0.1) is 0 Å². The summed E-state index contributed by atoms with van der Waals surface area (Å²) < 4.78 is 5.06. The molecular weight excluding hydrogens is 290 g/mol. The number of nitro groups is 1. The number of carbonyl (C=O) groups excluding carboxylic acids is 2. The molecule has 1 aromatic rings. The Morgan fingerprint density at radius 2 is 1.95 bits per heavy atom. The fourth-order valence-corrected chi connectivity index (χ4v) is 2.53. The van der Waals surface area contributed by atoms with E-state index in [0.717, 1.165) is 0 Å². The number of non-ortho nitro benzene ring substituents is 1. The minimum atomic E-state index is -0.612. The van der Waals surface area contributed by atoms with Crippen LogP contribution in [0, 0.1) is 16.0 Å². The van der Waals surface area contributed by atoms with Crippen LogP contribution in [-0.2, 0) is 9.53 Å². The van der Waals surface area contributed by atoms with Crippen molar-refractivity contribution < 1.29 is 19.2 Å². The van der Waals surface area contributed by atoms with Gasteiger partial charge >= 0.3 is 12.0 Å². The standard InChI is InChI=1S/C14H17N3O5/c1-3-22-13(18)11-8(2)15-14(19)16-12(11)9-4-6-10(7-5-9)17(20)21/h4-8,11-12H,3H2,1-2H3,(H2,15,16,19). The lowest BCUT2D eigenvalue weighted by Gasteiger charge is -2.36. The molecule has 1 aliphatic rings. The first-order valence-corrected chi connectivity index (χ1v) is 6.92. The van der Waals surface area contributed by atoms with Gasteiger partial charge in [0.1, 0.15) is 5.92 Å². The van der Waals surface area contributed by atoms with E-state index in [2.05, 4.69) is 10.6 Å². The molecule has 1 aromatic carbocycles. The van der Waals surface area contributed by atoms with Crippen molar-refractivity contribution in [1.29, 1.82) is 0 Å². The lowest BCUT2D eigenvalue weighted by atomic mass is 9.86. The maximum atomic E-state index is 12.2. The Morgan fingerprint density at radius 3 is 2.50 bits per heavy atom. The molecule has 2 amide bonds. The van der Waals surface area contributed by atoms with Gasteiger partial charge in [-0.1, -0.05) is 12.1 Å². The number of hydrogen-bond donors (Lipinski definition) is 2. The molecule has 1 fully saturated rings. The van der Waals surface area contributed by atoms with Gasteiger partial charge in [0.25, 0.3) is 5.69 Å². The number of amides is 2. The minimum absolute atomic E-state index is 0.0512. The molecule has 3 unspecified atom stereocenters. The van der Waals surface area contributed by atoms with Gasteiger partial charge in [-0.05, 0) is 19.4 Å². The third kappa shape index (κ3) is 3.16. The molecule has 2 N–H and O–H groups in total. The van der Waals surface area contributed by atoms with E-state index >= 15 is 0 Å². The molecule has 2 rings (SSSR count). The molecule has 8 nitrogen and oxygen atoms in total. The Labute approximate surface area is 127 Å². The second-order valence-electron chi connectivity index (χ2n) is 5.01. The molecule has 0 radical (unpaired) electrons. The first-order valence-electron chi connectivity index (χ1n) is 6.92. The molecule has 3 atom stereocenters. The van der Waals surface area contributed by atoms with E-state index < -0.39 is 34.9 Å². The highest BCUT2D eigenvalue weighted by atomic mass is 16.6. The van der Waals surface area contributed by atoms with Gasteiger partial charge in [0, 0.05) is 18.2 Å². The number of urea groups is 1. The number of carbonyl (C=O) groups is 2. The Bertz CT molecular complexity index is 587. The van der Waals surface area contributed by atoms with E-state index in [1.165, 1.54) is 24.3 Å². The first kappa shape index (κ1) is 15.7. The number of nitro benzene ring substituents is 1. The Balaban J connectivity index is 2.32. The van der Waals surface area contributed by atoms with Crippen LogP contribution in [0.2, 0.25) is 0 Å². The molecule has 0 bridgehead atoms. The molecular formula is C14H17N3O5. The van der Waals surface area contributed by atoms with Crippen molar-refractivity contribution in [3.05, 3.63) is 39.9 Å². The summed E-state index contributed by atoms with van der Waals surface area (Å²) in [6, 6.07) is 4.36. The molecule has 8 heteroatoms. The van der Waals surface area contributed by atoms with Crippen LogP contribution in [0.3, 0.4) is 0 Å². The summed E-state index contributed by atoms with van der Waals surface area (Å²) in [6.07, 6.45) is 0. The highest BCUT2D eigenvalue weighted by Crippen LogP contribution is 2.30. The van der Waals surface area contributed by atoms with Crippen LogP contribution in [0.5, 0.6) is 0 Å². The van der Waals surface area contributed by atoms with Crippen LogP contribution in [0.4, 0.5) is 10.5 Å². The minimum Gasteiger partial charge on any atom is -0.466 e. The van der Waals surface area contributed by atoms with Gasteiger partial charge in [-0.2, -0.15) is 0 Å². The van der Waals surface area contributed by atoms with Crippen molar-refractivity contribution in [2.24, 2.45) is 5.92 Å². The second kappa shape index (κ2) is 6.42. The van der Waals surface area contributed by atoms with Crippen LogP contribution in [0.25, 0.3) is 0 Å². The summed E-state index contributed by atoms with van der Waals surface area (Å²) in [5.41, 5.74) is 0.565. The van der Waals surface area contributed by atoms with E-state index in [0.29, 0.717) is 5.56 Å². The van der Waals surface area contributed by atoms with Crippen LogP contribution >= 0.6 is 0 Å². The number of benzene rings is 1. The predicted octanol–water partition coefficient (Wildman–Crippen LogP) is 1.52. The van der Waals surface area contributed by atoms with Gasteiger partial charge in [0.05, 0.1) is 17.6 Å². The van der Waals surface area contributed by atoms with Crippen molar-refractivity contribution >= 4 is 17.7 Å². The predicted molar refractivity (Wildman–Crippen MR) is 77.1 cm³/mol. The molecule has 1 heterocycles. The molecule has 1 aliphatic heterocycles. The van der Waals surface area contributed by atoms with Crippen molar-refractivity contribution in [3.8, 4) is 0 Å². The second-order valence-corrected chi connectivity index (χ2v) is 5.01. The number of rotatable bonds is 4. The smallest absolute Gasteiger partial charge is 0.315 e. The van der Waals surface area contributed by atoms with Gasteiger partial charge in [-0.3, -0.25) is 14.9 Å².